The minimum absolute atomic E-state index is 0.0237. The van der Waals surface area contributed by atoms with E-state index in [4.69, 9.17) is 9.47 Å². The lowest BCUT2D eigenvalue weighted by Gasteiger charge is -2.60. The molecule has 0 unspecified atom stereocenters. The molecule has 10 nitrogen and oxygen atoms in total. The van der Waals surface area contributed by atoms with Crippen LogP contribution in [0.15, 0.2) is 35.9 Å². The first kappa shape index (κ1) is 38.6. The lowest BCUT2D eigenvalue weighted by molar-refractivity contribution is -0.184. The number of hydrogen-bond donors (Lipinski definition) is 3. The van der Waals surface area contributed by atoms with E-state index in [2.05, 4.69) is 50.2 Å². The van der Waals surface area contributed by atoms with Crippen LogP contribution >= 0.6 is 0 Å². The van der Waals surface area contributed by atoms with Crippen LogP contribution in [0.5, 0.6) is 5.75 Å². The summed E-state index contributed by atoms with van der Waals surface area (Å²) in [6.45, 7) is 9.45. The van der Waals surface area contributed by atoms with Crippen molar-refractivity contribution in [2.45, 2.75) is 121 Å². The van der Waals surface area contributed by atoms with Crippen molar-refractivity contribution in [3.8, 4) is 5.75 Å². The van der Waals surface area contributed by atoms with Crippen molar-refractivity contribution in [3.05, 3.63) is 41.5 Å². The SMILES string of the molecule is COc1ccc([C@]2(CCNC(=O)CCC(=O)OCC(=O)[C@@]3(O)CC[C@@H]4[C@@H]5CCC6=CC(=O)CC[C@]6(C)[C@@H]5[C@@H](O)C[C@@]43C)C[C@@H](C)N(C)C[C@H]2C)cc1. The molecule has 0 spiro atoms. The number of carbonyl (C=O) groups excluding carboxylic acids is 4. The zero-order chi connectivity index (χ0) is 37.6. The van der Waals surface area contributed by atoms with Gasteiger partial charge >= 0.3 is 5.97 Å². The molecule has 10 atom stereocenters. The number of nitrogens with zero attached hydrogens (tertiary/aromatic N) is 1. The number of carbonyl (C=O) groups is 4. The maximum absolute atomic E-state index is 13.7. The molecule has 1 aromatic rings. The van der Waals surface area contributed by atoms with Crippen LogP contribution in [0.3, 0.4) is 0 Å². The number of allylic oxidation sites excluding steroid dienone is 1. The topological polar surface area (TPSA) is 142 Å². The van der Waals surface area contributed by atoms with E-state index >= 15 is 0 Å². The molecule has 0 radical (unpaired) electrons. The molecular formula is C42H60N2O8. The van der Waals surface area contributed by atoms with Gasteiger partial charge in [0.2, 0.25) is 11.7 Å². The zero-order valence-corrected chi connectivity index (χ0v) is 32.0. The number of piperidine rings is 1. The van der Waals surface area contributed by atoms with Crippen molar-refractivity contribution in [1.29, 1.82) is 0 Å². The van der Waals surface area contributed by atoms with Crippen molar-refractivity contribution in [2.24, 2.45) is 34.5 Å². The van der Waals surface area contributed by atoms with Crippen molar-refractivity contribution in [3.63, 3.8) is 0 Å². The van der Waals surface area contributed by atoms with E-state index in [9.17, 15) is 29.4 Å². The molecule has 4 fully saturated rings. The second-order valence-corrected chi connectivity index (χ2v) is 17.4. The predicted molar refractivity (Wildman–Crippen MR) is 196 cm³/mol. The maximum Gasteiger partial charge on any atom is 0.306 e. The second kappa shape index (κ2) is 14.6. The fraction of sp³-hybridized carbons (Fsp3) is 0.714. The highest BCUT2D eigenvalue weighted by Gasteiger charge is 2.68. The summed E-state index contributed by atoms with van der Waals surface area (Å²) in [6.07, 6.45) is 6.56. The number of Topliss-reactive ketones (excluding diaryl/α,β-unsaturated/α-hetero) is 1. The van der Waals surface area contributed by atoms with Gasteiger partial charge < -0.3 is 29.9 Å². The van der Waals surface area contributed by atoms with Gasteiger partial charge in [0, 0.05) is 42.8 Å². The molecule has 1 amide bonds. The van der Waals surface area contributed by atoms with Gasteiger partial charge in [-0.2, -0.15) is 0 Å². The van der Waals surface area contributed by atoms with Crippen LogP contribution < -0.4 is 10.1 Å². The molecule has 4 aliphatic carbocycles. The summed E-state index contributed by atoms with van der Waals surface area (Å²) < 4.78 is 10.8. The van der Waals surface area contributed by atoms with Gasteiger partial charge in [-0.1, -0.05) is 38.5 Å². The summed E-state index contributed by atoms with van der Waals surface area (Å²) in [5, 5.41) is 26.6. The molecule has 10 heteroatoms. The Morgan fingerprint density at radius 2 is 1.75 bits per heavy atom. The van der Waals surface area contributed by atoms with E-state index in [0.717, 1.165) is 50.0 Å². The standard InChI is InChI=1S/C42H60N2O8/c1-26-24-44(5)27(2)22-41(26,28-7-10-31(51-6)11-8-28)19-20-43-36(48)13-14-37(49)52-25-35(47)42(50)18-16-33-32-12-9-29-21-30(45)15-17-39(29,3)38(32)34(46)23-40(33,42)4/h7-8,10-11,21,26-27,32-34,38,46,50H,9,12-20,22-25H2,1-6H3,(H,43,48)/t26-,27-,32+,33-,34+,38+,39+,40+,41-,42+/m1/s1. The highest BCUT2D eigenvalue weighted by molar-refractivity contribution is 5.92. The number of amides is 1. The smallest absolute Gasteiger partial charge is 0.306 e. The molecular weight excluding hydrogens is 660 g/mol. The molecule has 1 aliphatic heterocycles. The normalized spacial score (nSPS) is 38.7. The van der Waals surface area contributed by atoms with Gasteiger partial charge in [-0.15, -0.1) is 0 Å². The monoisotopic (exact) mass is 720 g/mol. The van der Waals surface area contributed by atoms with E-state index in [1.165, 1.54) is 5.56 Å². The average molecular weight is 721 g/mol. The Morgan fingerprint density at radius 1 is 1.02 bits per heavy atom. The second-order valence-electron chi connectivity index (χ2n) is 17.4. The number of ketones is 2. The molecule has 3 N–H and O–H groups in total. The number of nitrogens with one attached hydrogen (secondary N) is 1. The van der Waals surface area contributed by atoms with Gasteiger partial charge in [-0.05, 0) is 118 Å². The molecule has 286 valence electrons. The molecule has 3 saturated carbocycles. The lowest BCUT2D eigenvalue weighted by atomic mass is 9.45. The third-order valence-corrected chi connectivity index (χ3v) is 14.9. The Kier molecular flexibility index (Phi) is 10.9. The molecule has 5 aliphatic rings. The largest absolute Gasteiger partial charge is 0.497 e. The molecule has 0 bridgehead atoms. The third-order valence-electron chi connectivity index (χ3n) is 14.9. The maximum atomic E-state index is 13.7. The van der Waals surface area contributed by atoms with Crippen molar-refractivity contribution >= 4 is 23.4 Å². The van der Waals surface area contributed by atoms with Crippen LogP contribution in [-0.4, -0.2) is 90.2 Å². The van der Waals surface area contributed by atoms with E-state index in [1.54, 1.807) is 13.2 Å². The highest BCUT2D eigenvalue weighted by Crippen LogP contribution is 2.67. The number of benzene rings is 1. The van der Waals surface area contributed by atoms with Gasteiger partial charge in [0.15, 0.2) is 12.4 Å². The number of aliphatic hydroxyl groups excluding tert-OH is 1. The number of ether oxygens (including phenoxy) is 2. The van der Waals surface area contributed by atoms with Gasteiger partial charge in [-0.3, -0.25) is 19.2 Å². The van der Waals surface area contributed by atoms with Crippen LogP contribution in [0, 0.1) is 34.5 Å². The van der Waals surface area contributed by atoms with Crippen molar-refractivity contribution < 1.29 is 38.9 Å². The van der Waals surface area contributed by atoms with Crippen LogP contribution in [0.25, 0.3) is 0 Å². The molecule has 0 aromatic heterocycles. The van der Waals surface area contributed by atoms with Gasteiger partial charge in [0.1, 0.15) is 11.4 Å². The first-order chi connectivity index (χ1) is 24.6. The molecule has 1 saturated heterocycles. The number of esters is 1. The predicted octanol–water partition coefficient (Wildman–Crippen LogP) is 4.93. The number of methoxy groups -OCH3 is 1. The van der Waals surface area contributed by atoms with Gasteiger partial charge in [0.05, 0.1) is 19.6 Å². The number of likely N-dealkylation sites (tertiary alicyclic amines) is 1. The number of rotatable bonds is 11. The minimum Gasteiger partial charge on any atom is -0.497 e. The van der Waals surface area contributed by atoms with Gasteiger partial charge in [0.25, 0.3) is 0 Å². The van der Waals surface area contributed by atoms with Crippen LogP contribution in [0.2, 0.25) is 0 Å². The minimum atomic E-state index is -1.72. The van der Waals surface area contributed by atoms with Gasteiger partial charge in [-0.25, -0.2) is 0 Å². The molecule has 1 aromatic carbocycles. The summed E-state index contributed by atoms with van der Waals surface area (Å²) in [5.41, 5.74) is -0.588. The zero-order valence-electron chi connectivity index (χ0n) is 32.0. The van der Waals surface area contributed by atoms with E-state index in [-0.39, 0.29) is 66.0 Å². The number of fused-ring (bicyclic) bond motifs is 5. The Hall–Kier alpha value is -3.08. The summed E-state index contributed by atoms with van der Waals surface area (Å²) in [5.74, 6) is 0.00885. The summed E-state index contributed by atoms with van der Waals surface area (Å²) in [6, 6.07) is 8.63. The summed E-state index contributed by atoms with van der Waals surface area (Å²) in [7, 11) is 3.81. The molecule has 52 heavy (non-hydrogen) atoms. The first-order valence-electron chi connectivity index (χ1n) is 19.5. The Balaban J connectivity index is 1.01. The fourth-order valence-electron chi connectivity index (χ4n) is 11.7. The third kappa shape index (κ3) is 6.66. The Morgan fingerprint density at radius 3 is 2.46 bits per heavy atom. The quantitative estimate of drug-likeness (QED) is 0.272. The number of aliphatic hydroxyl groups is 2. The van der Waals surface area contributed by atoms with E-state index in [0.29, 0.717) is 31.3 Å². The van der Waals surface area contributed by atoms with E-state index in [1.807, 2.05) is 19.1 Å². The van der Waals surface area contributed by atoms with E-state index < -0.39 is 35.5 Å². The molecule has 6 rings (SSSR count). The van der Waals surface area contributed by atoms with Crippen LogP contribution in [-0.2, 0) is 29.3 Å². The van der Waals surface area contributed by atoms with Crippen LogP contribution in [0.1, 0.15) is 104 Å². The Bertz CT molecular complexity index is 1580. The first-order valence-corrected chi connectivity index (χ1v) is 19.5. The summed E-state index contributed by atoms with van der Waals surface area (Å²) in [4.78, 5) is 53.9. The summed E-state index contributed by atoms with van der Waals surface area (Å²) >= 11 is 0. The average Bonchev–Trinajstić information content (AvgIpc) is 3.38. The van der Waals surface area contributed by atoms with Crippen LogP contribution in [0.4, 0.5) is 0 Å². The Labute approximate surface area is 309 Å². The van der Waals surface area contributed by atoms with Crippen molar-refractivity contribution in [2.75, 3.05) is 33.9 Å². The highest BCUT2D eigenvalue weighted by atomic mass is 16.5. The fourth-order valence-corrected chi connectivity index (χ4v) is 11.7. The number of hydrogen-bond acceptors (Lipinski definition) is 9. The lowest BCUT2D eigenvalue weighted by Crippen LogP contribution is -2.62. The van der Waals surface area contributed by atoms with Crippen molar-refractivity contribution in [1.82, 2.24) is 10.2 Å². The molecule has 1 heterocycles.